The molecular formula is C29H42O4. The molecular weight excluding hydrogens is 412 g/mol. The van der Waals surface area contributed by atoms with E-state index in [0.29, 0.717) is 23.3 Å². The number of hydrogen-bond donors (Lipinski definition) is 3. The van der Waals surface area contributed by atoms with E-state index in [1.807, 2.05) is 18.2 Å². The summed E-state index contributed by atoms with van der Waals surface area (Å²) in [5.74, 6) is 0.691. The van der Waals surface area contributed by atoms with Crippen molar-refractivity contribution < 1.29 is 20.1 Å². The quantitative estimate of drug-likeness (QED) is 0.246. The van der Waals surface area contributed by atoms with E-state index in [4.69, 9.17) is 0 Å². The first kappa shape index (κ1) is 25.7. The number of fused-ring (bicyclic) bond motifs is 1. The van der Waals surface area contributed by atoms with E-state index in [2.05, 4.69) is 26.0 Å². The number of carbonyl (C=O) groups is 1. The maximum atomic E-state index is 11.4. The van der Waals surface area contributed by atoms with Gasteiger partial charge < -0.3 is 15.3 Å². The third-order valence-electron chi connectivity index (χ3n) is 7.64. The van der Waals surface area contributed by atoms with Gasteiger partial charge in [-0.2, -0.15) is 0 Å². The lowest BCUT2D eigenvalue weighted by atomic mass is 9.88. The van der Waals surface area contributed by atoms with E-state index >= 15 is 0 Å². The molecule has 0 radical (unpaired) electrons. The molecule has 6 atom stereocenters. The van der Waals surface area contributed by atoms with Crippen molar-refractivity contribution >= 4 is 5.97 Å². The van der Waals surface area contributed by atoms with Gasteiger partial charge >= 0.3 is 5.97 Å². The summed E-state index contributed by atoms with van der Waals surface area (Å²) < 4.78 is 0. The van der Waals surface area contributed by atoms with E-state index in [0.717, 1.165) is 56.9 Å². The third-order valence-corrected chi connectivity index (χ3v) is 7.64. The Labute approximate surface area is 199 Å². The minimum atomic E-state index is -0.852. The Kier molecular flexibility index (Phi) is 9.76. The first-order chi connectivity index (χ1) is 15.9. The second-order valence-corrected chi connectivity index (χ2v) is 10.3. The van der Waals surface area contributed by atoms with E-state index in [-0.39, 0.29) is 12.0 Å². The highest BCUT2D eigenvalue weighted by atomic mass is 16.4. The fourth-order valence-corrected chi connectivity index (χ4v) is 5.82. The molecule has 1 aromatic carbocycles. The van der Waals surface area contributed by atoms with Crippen molar-refractivity contribution in [3.8, 4) is 0 Å². The number of unbranched alkanes of at least 4 members (excludes halogenated alkanes) is 2. The zero-order valence-electron chi connectivity index (χ0n) is 20.3. The van der Waals surface area contributed by atoms with Crippen molar-refractivity contribution in [2.45, 2.75) is 90.3 Å². The van der Waals surface area contributed by atoms with Crippen LogP contribution in [-0.2, 0) is 6.42 Å². The molecule has 1 fully saturated rings. The van der Waals surface area contributed by atoms with Gasteiger partial charge in [0.2, 0.25) is 0 Å². The van der Waals surface area contributed by atoms with Crippen LogP contribution in [0.15, 0.2) is 48.1 Å². The summed E-state index contributed by atoms with van der Waals surface area (Å²) in [4.78, 5) is 11.4. The Balaban J connectivity index is 1.44. The van der Waals surface area contributed by atoms with Gasteiger partial charge in [-0.3, -0.25) is 0 Å². The Bertz CT molecular complexity index is 827. The van der Waals surface area contributed by atoms with Gasteiger partial charge in [0.1, 0.15) is 0 Å². The number of aryl methyl sites for hydroxylation is 1. The first-order valence-corrected chi connectivity index (χ1v) is 12.9. The molecule has 1 aromatic rings. The largest absolute Gasteiger partial charge is 0.478 e. The van der Waals surface area contributed by atoms with Crippen LogP contribution in [0.2, 0.25) is 0 Å². The Morgan fingerprint density at radius 2 is 1.94 bits per heavy atom. The van der Waals surface area contributed by atoms with Gasteiger partial charge in [-0.25, -0.2) is 4.79 Å². The molecule has 0 heterocycles. The van der Waals surface area contributed by atoms with Gasteiger partial charge in [0, 0.05) is 5.92 Å². The number of carboxylic acid groups (broad SMARTS) is 1. The molecule has 0 saturated heterocycles. The third kappa shape index (κ3) is 7.28. The molecule has 0 bridgehead atoms. The number of allylic oxidation sites excluding steroid dienone is 2. The standard InChI is InChI=1S/C29H42O4/c1-3-4-9-20(2)16-24(30)14-15-26-27-18-21(17-23(27)19-28(26)31)10-5-6-11-22-12-7-8-13-25(22)29(32)33/h7-8,12-15,17,20,23-24,26-28,30-31H,3-6,9-11,16,18-19H2,1-2H3,(H,32,33)/b15-14+/t20?,23-,24+,26-,27-,28+/m0/s1. The second-order valence-electron chi connectivity index (χ2n) is 10.3. The van der Waals surface area contributed by atoms with Gasteiger partial charge in [-0.1, -0.05) is 75.1 Å². The van der Waals surface area contributed by atoms with Gasteiger partial charge in [0.15, 0.2) is 0 Å². The number of aliphatic hydroxyl groups is 2. The Morgan fingerprint density at radius 3 is 2.70 bits per heavy atom. The number of rotatable bonds is 13. The molecule has 33 heavy (non-hydrogen) atoms. The number of hydrogen-bond acceptors (Lipinski definition) is 3. The van der Waals surface area contributed by atoms with Crippen LogP contribution in [0.25, 0.3) is 0 Å². The van der Waals surface area contributed by atoms with Crippen molar-refractivity contribution in [1.82, 2.24) is 0 Å². The zero-order valence-corrected chi connectivity index (χ0v) is 20.3. The molecule has 2 aliphatic rings. The highest BCUT2D eigenvalue weighted by Crippen LogP contribution is 2.48. The van der Waals surface area contributed by atoms with E-state index in [1.165, 1.54) is 18.4 Å². The highest BCUT2D eigenvalue weighted by Gasteiger charge is 2.43. The summed E-state index contributed by atoms with van der Waals surface area (Å²) in [6.45, 7) is 4.41. The summed E-state index contributed by atoms with van der Waals surface area (Å²) in [5, 5.41) is 30.4. The molecule has 1 unspecified atom stereocenters. The summed E-state index contributed by atoms with van der Waals surface area (Å²) in [6, 6.07) is 7.28. The summed E-state index contributed by atoms with van der Waals surface area (Å²) in [5.41, 5.74) is 2.81. The van der Waals surface area contributed by atoms with Crippen LogP contribution >= 0.6 is 0 Å². The van der Waals surface area contributed by atoms with Gasteiger partial charge in [-0.15, -0.1) is 0 Å². The normalized spacial score (nSPS) is 26.4. The maximum absolute atomic E-state index is 11.4. The zero-order chi connectivity index (χ0) is 23.8. The first-order valence-electron chi connectivity index (χ1n) is 12.9. The summed E-state index contributed by atoms with van der Waals surface area (Å²) in [7, 11) is 0. The van der Waals surface area contributed by atoms with Crippen LogP contribution in [0, 0.1) is 23.7 Å². The lowest BCUT2D eigenvalue weighted by Gasteiger charge is -2.19. The maximum Gasteiger partial charge on any atom is 0.335 e. The van der Waals surface area contributed by atoms with Crippen molar-refractivity contribution in [2.24, 2.45) is 23.7 Å². The minimum Gasteiger partial charge on any atom is -0.478 e. The van der Waals surface area contributed by atoms with Crippen molar-refractivity contribution in [2.75, 3.05) is 0 Å². The van der Waals surface area contributed by atoms with Crippen LogP contribution in [0.5, 0.6) is 0 Å². The monoisotopic (exact) mass is 454 g/mol. The predicted molar refractivity (Wildman–Crippen MR) is 133 cm³/mol. The van der Waals surface area contributed by atoms with E-state index < -0.39 is 12.1 Å². The van der Waals surface area contributed by atoms with Crippen LogP contribution in [0.4, 0.5) is 0 Å². The van der Waals surface area contributed by atoms with Crippen molar-refractivity contribution in [3.63, 3.8) is 0 Å². The van der Waals surface area contributed by atoms with Gasteiger partial charge in [0.25, 0.3) is 0 Å². The highest BCUT2D eigenvalue weighted by molar-refractivity contribution is 5.89. The molecule has 3 rings (SSSR count). The number of carboxylic acids is 1. The fourth-order valence-electron chi connectivity index (χ4n) is 5.82. The van der Waals surface area contributed by atoms with E-state index in [9.17, 15) is 20.1 Å². The molecule has 0 spiro atoms. The summed E-state index contributed by atoms with van der Waals surface area (Å²) >= 11 is 0. The average Bonchev–Trinajstić information content (AvgIpc) is 3.30. The Morgan fingerprint density at radius 1 is 1.18 bits per heavy atom. The fraction of sp³-hybridized carbons (Fsp3) is 0.621. The molecule has 1 saturated carbocycles. The molecule has 4 heteroatoms. The molecule has 0 amide bonds. The molecule has 2 aliphatic carbocycles. The number of benzene rings is 1. The predicted octanol–water partition coefficient (Wildman–Crippen LogP) is 6.17. The molecule has 0 aromatic heterocycles. The van der Waals surface area contributed by atoms with Crippen LogP contribution in [0.3, 0.4) is 0 Å². The smallest absolute Gasteiger partial charge is 0.335 e. The molecule has 182 valence electrons. The van der Waals surface area contributed by atoms with Crippen LogP contribution < -0.4 is 0 Å². The minimum absolute atomic E-state index is 0.131. The molecule has 0 aliphatic heterocycles. The lowest BCUT2D eigenvalue weighted by molar-refractivity contribution is 0.0695. The second kappa shape index (κ2) is 12.5. The van der Waals surface area contributed by atoms with Crippen molar-refractivity contribution in [1.29, 1.82) is 0 Å². The number of aliphatic hydroxyl groups excluding tert-OH is 2. The molecule has 4 nitrogen and oxygen atoms in total. The van der Waals surface area contributed by atoms with Crippen molar-refractivity contribution in [3.05, 3.63) is 59.2 Å². The van der Waals surface area contributed by atoms with Crippen LogP contribution in [0.1, 0.15) is 87.6 Å². The van der Waals surface area contributed by atoms with Gasteiger partial charge in [-0.05, 0) is 74.3 Å². The topological polar surface area (TPSA) is 77.8 Å². The Hall–Kier alpha value is -1.91. The van der Waals surface area contributed by atoms with E-state index in [1.54, 1.807) is 12.1 Å². The lowest BCUT2D eigenvalue weighted by Crippen LogP contribution is -2.18. The van der Waals surface area contributed by atoms with Crippen LogP contribution in [-0.4, -0.2) is 33.5 Å². The number of aromatic carboxylic acids is 1. The molecule has 3 N–H and O–H groups in total. The van der Waals surface area contributed by atoms with Gasteiger partial charge in [0.05, 0.1) is 17.8 Å². The summed E-state index contributed by atoms with van der Waals surface area (Å²) in [6.07, 6.45) is 15.7. The SMILES string of the molecule is CCCCC(C)C[C@H](O)/C=C/[C@H]1[C@H]2CC(CCCCc3ccccc3C(=O)O)=C[C@H]2C[C@H]1O. The average molecular weight is 455 g/mol.